The molecular formula is C81H114O14. The summed E-state index contributed by atoms with van der Waals surface area (Å²) in [5.74, 6) is 0.396. The van der Waals surface area contributed by atoms with E-state index in [1.54, 1.807) is 27.7 Å². The van der Waals surface area contributed by atoms with Crippen LogP contribution in [0.3, 0.4) is 0 Å². The van der Waals surface area contributed by atoms with Crippen LogP contribution in [0.4, 0.5) is 0 Å². The van der Waals surface area contributed by atoms with Crippen LogP contribution in [0.15, 0.2) is 85.0 Å². The van der Waals surface area contributed by atoms with E-state index in [2.05, 4.69) is 96.0 Å². The summed E-state index contributed by atoms with van der Waals surface area (Å²) in [5.41, 5.74) is 13.8. The number of fused-ring (bicyclic) bond motifs is 8. The van der Waals surface area contributed by atoms with Crippen LogP contribution in [0, 0.1) is 0 Å². The third kappa shape index (κ3) is 28.5. The van der Waals surface area contributed by atoms with Crippen LogP contribution in [-0.2, 0) is 99.0 Å². The van der Waals surface area contributed by atoms with Crippen LogP contribution in [0.25, 0.3) is 0 Å². The van der Waals surface area contributed by atoms with Crippen molar-refractivity contribution in [3.8, 4) is 23.0 Å². The molecule has 5 rings (SSSR count). The van der Waals surface area contributed by atoms with Gasteiger partial charge in [0.2, 0.25) is 0 Å². The van der Waals surface area contributed by atoms with Crippen molar-refractivity contribution in [2.24, 2.45) is 0 Å². The summed E-state index contributed by atoms with van der Waals surface area (Å²) < 4.78 is 56.1. The molecule has 95 heavy (non-hydrogen) atoms. The molecule has 4 aromatic rings. The normalized spacial score (nSPS) is 11.7. The first kappa shape index (κ1) is 78.3. The fourth-order valence-electron chi connectivity index (χ4n) is 11.9. The fourth-order valence-corrected chi connectivity index (χ4v) is 11.9. The van der Waals surface area contributed by atoms with Gasteiger partial charge in [-0.25, -0.2) is 14.4 Å². The third-order valence-electron chi connectivity index (χ3n) is 16.8. The van der Waals surface area contributed by atoms with Crippen molar-refractivity contribution in [1.82, 2.24) is 0 Å². The number of ether oxygens (including phenoxy) is 9. The van der Waals surface area contributed by atoms with Crippen LogP contribution in [0.5, 0.6) is 23.0 Å². The molecular weight excluding hydrogens is 1200 g/mol. The largest absolute Gasteiger partial charge is 0.493 e. The summed E-state index contributed by atoms with van der Waals surface area (Å²) in [7, 11) is 0. The molecule has 522 valence electrons. The number of unbranched alkanes of at least 4 members (excludes halogenated alkanes) is 12. The molecule has 0 saturated carbocycles. The minimum atomic E-state index is -0.654. The second-order valence-electron chi connectivity index (χ2n) is 25.7. The molecule has 0 spiro atoms. The first-order valence-corrected chi connectivity index (χ1v) is 35.9. The molecule has 0 unspecified atom stereocenters. The Labute approximate surface area is 569 Å². The molecule has 0 fully saturated rings. The van der Waals surface area contributed by atoms with Gasteiger partial charge in [0.15, 0.2) is 0 Å². The molecule has 0 atom stereocenters. The van der Waals surface area contributed by atoms with E-state index < -0.39 is 36.3 Å². The molecule has 1 aliphatic carbocycles. The Hall–Kier alpha value is -7.35. The first-order valence-electron chi connectivity index (χ1n) is 35.9. The van der Waals surface area contributed by atoms with E-state index in [-0.39, 0.29) is 59.5 Å². The van der Waals surface area contributed by atoms with Gasteiger partial charge in [-0.15, -0.1) is 0 Å². The quantitative estimate of drug-likeness (QED) is 0.0119. The van der Waals surface area contributed by atoms with Crippen LogP contribution in [-0.4, -0.2) is 89.3 Å². The first-order chi connectivity index (χ1) is 46.0. The van der Waals surface area contributed by atoms with Gasteiger partial charge in [-0.2, -0.15) is 0 Å². The van der Waals surface area contributed by atoms with Gasteiger partial charge >= 0.3 is 29.8 Å². The van der Waals surface area contributed by atoms with Gasteiger partial charge in [-0.3, -0.25) is 9.59 Å². The number of aryl methyl sites for hydroxylation is 4. The Kier molecular flexibility index (Phi) is 36.6. The number of esters is 5. The number of hydrogen-bond donors (Lipinski definition) is 0. The average Bonchev–Trinajstić information content (AvgIpc) is 0.781. The number of carbonyl (C=O) groups is 5. The van der Waals surface area contributed by atoms with Crippen molar-refractivity contribution in [1.29, 1.82) is 0 Å². The maximum absolute atomic E-state index is 12.8. The zero-order chi connectivity index (χ0) is 68.7. The highest BCUT2D eigenvalue weighted by atomic mass is 16.6. The minimum Gasteiger partial charge on any atom is -0.493 e. The standard InChI is InChI=1S/C81H114O14/c1-12-17-21-25-33-61-45-65-53-67-47-62(34-26-22-18-13-2)49-69(76(67)90-39-30-42-93-79(84)58(6)7)55-71-51-64(36-28-24-20-15-4)52-72(78(71)92-41-32-44-95-81(86)60(10)11)56-70-50-63(35-27-23-19-14-3)48-68(77(70)91-40-31-43-94-80(85)59(8)9)54-66(46-61)75(65)89-38-29-37-88-74(83)57-73(82)87-16-5/h45-52H,6,8,10,12-44,53-57H2,1-5,7,9,11H3. The molecule has 8 bridgehead atoms. The second-order valence-corrected chi connectivity index (χ2v) is 25.7. The smallest absolute Gasteiger partial charge is 0.333 e. The second kappa shape index (κ2) is 44.4. The van der Waals surface area contributed by atoms with Crippen molar-refractivity contribution < 1.29 is 66.6 Å². The summed E-state index contributed by atoms with van der Waals surface area (Å²) in [4.78, 5) is 63.0. The Morgan fingerprint density at radius 2 is 0.537 bits per heavy atom. The zero-order valence-electron chi connectivity index (χ0n) is 59.3. The summed E-state index contributed by atoms with van der Waals surface area (Å²) >= 11 is 0. The number of rotatable bonds is 46. The Balaban J connectivity index is 1.90. The lowest BCUT2D eigenvalue weighted by Gasteiger charge is -2.25. The van der Waals surface area contributed by atoms with E-state index in [9.17, 15) is 24.0 Å². The molecule has 14 nitrogen and oxygen atoms in total. The molecule has 4 aromatic carbocycles. The van der Waals surface area contributed by atoms with E-state index in [0.29, 0.717) is 68.1 Å². The van der Waals surface area contributed by atoms with Gasteiger partial charge in [0.25, 0.3) is 0 Å². The van der Waals surface area contributed by atoms with Crippen molar-refractivity contribution in [3.05, 3.63) is 152 Å². The van der Waals surface area contributed by atoms with E-state index in [1.165, 1.54) is 22.3 Å². The summed E-state index contributed by atoms with van der Waals surface area (Å²) in [6, 6.07) is 18.6. The van der Waals surface area contributed by atoms with Gasteiger partial charge in [0.1, 0.15) is 29.4 Å². The Morgan fingerprint density at radius 3 is 0.758 bits per heavy atom. The molecule has 0 aliphatic heterocycles. The third-order valence-corrected chi connectivity index (χ3v) is 16.8. The fraction of sp³-hybridized carbons (Fsp3) is 0.568. The monoisotopic (exact) mass is 1310 g/mol. The van der Waals surface area contributed by atoms with E-state index in [4.69, 9.17) is 42.6 Å². The maximum Gasteiger partial charge on any atom is 0.333 e. The summed E-state index contributed by atoms with van der Waals surface area (Å²) in [5, 5.41) is 0. The number of benzene rings is 4. The minimum absolute atomic E-state index is 0.0411. The van der Waals surface area contributed by atoms with Crippen molar-refractivity contribution in [2.75, 3.05) is 59.5 Å². The van der Waals surface area contributed by atoms with Gasteiger partial charge in [-0.1, -0.05) is 173 Å². The van der Waals surface area contributed by atoms with E-state index in [0.717, 1.165) is 196 Å². The Bertz CT molecular complexity index is 2960. The lowest BCUT2D eigenvalue weighted by atomic mass is 9.87. The predicted molar refractivity (Wildman–Crippen MR) is 378 cm³/mol. The Morgan fingerprint density at radius 1 is 0.305 bits per heavy atom. The number of hydrogen-bond acceptors (Lipinski definition) is 14. The van der Waals surface area contributed by atoms with Gasteiger partial charge in [0.05, 0.1) is 59.5 Å². The molecule has 0 amide bonds. The van der Waals surface area contributed by atoms with Gasteiger partial charge < -0.3 is 42.6 Å². The molecule has 0 N–H and O–H groups in total. The zero-order valence-corrected chi connectivity index (χ0v) is 59.3. The van der Waals surface area contributed by atoms with E-state index >= 15 is 0 Å². The summed E-state index contributed by atoms with van der Waals surface area (Å²) in [6.45, 7) is 28.7. The highest BCUT2D eigenvalue weighted by Crippen LogP contribution is 2.42. The van der Waals surface area contributed by atoms with Crippen LogP contribution in [0.2, 0.25) is 0 Å². The highest BCUT2D eigenvalue weighted by molar-refractivity contribution is 5.91. The lowest BCUT2D eigenvalue weighted by molar-refractivity contribution is -0.154. The van der Waals surface area contributed by atoms with Crippen LogP contribution in [0.1, 0.15) is 257 Å². The molecule has 0 saturated heterocycles. The SMILES string of the molecule is C=C(C)C(=O)OCCCOc1c2cc(CCCCCC)cc1Cc1cc(CCCCCC)cc(c1OCCCOC(=O)C(=C)C)Cc1cc(CCCCCC)cc(c1OCCCOC(=O)C(=C)C)Cc1cc(CCCCCC)cc(c1OCCCOC(=O)CC(=O)OCC)C2. The number of carbonyl (C=O) groups excluding carboxylic acids is 5. The summed E-state index contributed by atoms with van der Waals surface area (Å²) in [6.07, 6.45) is 23.9. The van der Waals surface area contributed by atoms with Gasteiger partial charge in [0, 0.05) is 68.1 Å². The molecule has 0 radical (unpaired) electrons. The van der Waals surface area contributed by atoms with E-state index in [1.807, 2.05) is 0 Å². The molecule has 1 aliphatic rings. The molecule has 0 heterocycles. The lowest BCUT2D eigenvalue weighted by Crippen LogP contribution is -2.16. The van der Waals surface area contributed by atoms with Crippen molar-refractivity contribution in [3.63, 3.8) is 0 Å². The molecule has 14 heteroatoms. The van der Waals surface area contributed by atoms with Crippen molar-refractivity contribution >= 4 is 29.8 Å². The maximum atomic E-state index is 12.8. The van der Waals surface area contributed by atoms with Crippen LogP contribution < -0.4 is 18.9 Å². The predicted octanol–water partition coefficient (Wildman–Crippen LogP) is 17.8. The topological polar surface area (TPSA) is 168 Å². The van der Waals surface area contributed by atoms with Gasteiger partial charge in [-0.05, 0) is 146 Å². The highest BCUT2D eigenvalue weighted by Gasteiger charge is 2.26. The van der Waals surface area contributed by atoms with Crippen molar-refractivity contribution in [2.45, 2.75) is 242 Å². The van der Waals surface area contributed by atoms with Crippen LogP contribution >= 0.6 is 0 Å². The average molecular weight is 1310 g/mol. The molecule has 0 aromatic heterocycles.